The molecule has 2 heteroatoms. The van der Waals surface area contributed by atoms with Gasteiger partial charge in [0.15, 0.2) is 5.78 Å². The molecule has 0 aliphatic rings. The Bertz CT molecular complexity index is 178. The van der Waals surface area contributed by atoms with Crippen LogP contribution in [0.2, 0.25) is 0 Å². The number of rotatable bonds is 4. The highest BCUT2D eigenvalue weighted by Gasteiger charge is 2.11. The zero-order valence-electron chi connectivity index (χ0n) is 8.42. The van der Waals surface area contributed by atoms with Crippen molar-refractivity contribution in [3.8, 4) is 0 Å². The lowest BCUT2D eigenvalue weighted by Gasteiger charge is -2.10. The van der Waals surface area contributed by atoms with Gasteiger partial charge in [-0.2, -0.15) is 0 Å². The lowest BCUT2D eigenvalue weighted by Crippen LogP contribution is -2.30. The van der Waals surface area contributed by atoms with Crippen molar-refractivity contribution >= 4 is 5.78 Å². The first-order valence-corrected chi connectivity index (χ1v) is 4.37. The van der Waals surface area contributed by atoms with E-state index in [-0.39, 0.29) is 11.8 Å². The second kappa shape index (κ2) is 5.09. The summed E-state index contributed by atoms with van der Waals surface area (Å²) in [7, 11) is 0. The molecule has 0 aliphatic heterocycles. The molecule has 0 aromatic rings. The minimum atomic E-state index is -0.320. The largest absolute Gasteiger partial charge is 0.321 e. The first kappa shape index (κ1) is 11.4. The van der Waals surface area contributed by atoms with Gasteiger partial charge in [-0.1, -0.05) is 19.4 Å². The van der Waals surface area contributed by atoms with Crippen LogP contribution in [0.15, 0.2) is 11.6 Å². The molecule has 0 aromatic heterocycles. The maximum atomic E-state index is 11.3. The van der Waals surface area contributed by atoms with Gasteiger partial charge in [0.2, 0.25) is 0 Å². The van der Waals surface area contributed by atoms with Crippen molar-refractivity contribution in [2.45, 2.75) is 40.2 Å². The minimum absolute atomic E-state index is 0.0451. The van der Waals surface area contributed by atoms with Gasteiger partial charge in [-0.3, -0.25) is 4.79 Å². The van der Waals surface area contributed by atoms with Crippen LogP contribution in [0, 0.1) is 5.92 Å². The molecule has 2 N–H and O–H groups in total. The van der Waals surface area contributed by atoms with Crippen LogP contribution < -0.4 is 5.73 Å². The lowest BCUT2D eigenvalue weighted by molar-refractivity contribution is -0.116. The van der Waals surface area contributed by atoms with Gasteiger partial charge in [0, 0.05) is 0 Å². The second-order valence-corrected chi connectivity index (χ2v) is 3.86. The first-order valence-electron chi connectivity index (χ1n) is 4.37. The Hall–Kier alpha value is -0.630. The van der Waals surface area contributed by atoms with Crippen molar-refractivity contribution in [2.75, 3.05) is 0 Å². The highest BCUT2D eigenvalue weighted by Crippen LogP contribution is 2.04. The molecule has 2 nitrogen and oxygen atoms in total. The molecule has 0 radical (unpaired) electrons. The number of ketones is 1. The first-order chi connectivity index (χ1) is 5.43. The fraction of sp³-hybridized carbons (Fsp3) is 0.700. The van der Waals surface area contributed by atoms with Gasteiger partial charge in [0.25, 0.3) is 0 Å². The second-order valence-electron chi connectivity index (χ2n) is 3.86. The van der Waals surface area contributed by atoms with Gasteiger partial charge < -0.3 is 5.73 Å². The van der Waals surface area contributed by atoms with E-state index in [2.05, 4.69) is 13.8 Å². The van der Waals surface area contributed by atoms with Crippen LogP contribution in [0.5, 0.6) is 0 Å². The molecule has 0 bridgehead atoms. The third-order valence-electron chi connectivity index (χ3n) is 1.52. The molecule has 0 fully saturated rings. The summed E-state index contributed by atoms with van der Waals surface area (Å²) in [4.78, 5) is 11.3. The minimum Gasteiger partial charge on any atom is -0.321 e. The van der Waals surface area contributed by atoms with E-state index < -0.39 is 0 Å². The molecule has 0 spiro atoms. The van der Waals surface area contributed by atoms with E-state index in [1.54, 1.807) is 6.08 Å². The van der Waals surface area contributed by atoms with E-state index in [0.717, 1.165) is 12.0 Å². The number of hydrogen-bond donors (Lipinski definition) is 1. The third kappa shape index (κ3) is 5.08. The Morgan fingerprint density at radius 2 is 1.92 bits per heavy atom. The summed E-state index contributed by atoms with van der Waals surface area (Å²) >= 11 is 0. The van der Waals surface area contributed by atoms with E-state index >= 15 is 0 Å². The Labute approximate surface area is 74.8 Å². The van der Waals surface area contributed by atoms with Gasteiger partial charge in [-0.15, -0.1) is 0 Å². The number of hydrogen-bond acceptors (Lipinski definition) is 2. The van der Waals surface area contributed by atoms with Crippen LogP contribution in [0.25, 0.3) is 0 Å². The molecule has 1 atom stereocenters. The van der Waals surface area contributed by atoms with E-state index in [4.69, 9.17) is 5.73 Å². The number of carbonyl (C=O) groups excluding carboxylic acids is 1. The third-order valence-corrected chi connectivity index (χ3v) is 1.52. The molecule has 0 heterocycles. The Morgan fingerprint density at radius 3 is 2.25 bits per heavy atom. The molecule has 0 rings (SSSR count). The lowest BCUT2D eigenvalue weighted by atomic mass is 10.0. The van der Waals surface area contributed by atoms with Crippen molar-refractivity contribution in [1.29, 1.82) is 0 Å². The highest BCUT2D eigenvalue weighted by molar-refractivity contribution is 5.94. The molecule has 0 aliphatic carbocycles. The molecule has 70 valence electrons. The summed E-state index contributed by atoms with van der Waals surface area (Å²) in [6, 6.07) is -0.320. The molecule has 1 unspecified atom stereocenters. The quantitative estimate of drug-likeness (QED) is 0.653. The predicted octanol–water partition coefficient (Wildman–Crippen LogP) is 1.90. The van der Waals surface area contributed by atoms with Crippen molar-refractivity contribution in [3.05, 3.63) is 11.6 Å². The Morgan fingerprint density at radius 1 is 1.42 bits per heavy atom. The van der Waals surface area contributed by atoms with Crippen LogP contribution >= 0.6 is 0 Å². The smallest absolute Gasteiger partial charge is 0.172 e. The summed E-state index contributed by atoms with van der Waals surface area (Å²) in [5.74, 6) is 0.526. The van der Waals surface area contributed by atoms with E-state index in [1.807, 2.05) is 13.8 Å². The van der Waals surface area contributed by atoms with E-state index in [1.165, 1.54) is 0 Å². The normalized spacial score (nSPS) is 12.8. The standard InChI is InChI=1S/C10H19NO/c1-7(2)5-9(11)10(12)6-8(3)4/h6-7,9H,5,11H2,1-4H3. The summed E-state index contributed by atoms with van der Waals surface area (Å²) in [5, 5.41) is 0. The van der Waals surface area contributed by atoms with Crippen LogP contribution in [0.1, 0.15) is 34.1 Å². The van der Waals surface area contributed by atoms with Crippen molar-refractivity contribution < 1.29 is 4.79 Å². The summed E-state index contributed by atoms with van der Waals surface area (Å²) in [6.45, 7) is 7.94. The molecular formula is C10H19NO. The zero-order valence-corrected chi connectivity index (χ0v) is 8.42. The fourth-order valence-electron chi connectivity index (χ4n) is 1.02. The number of nitrogens with two attached hydrogens (primary N) is 1. The summed E-state index contributed by atoms with van der Waals surface area (Å²) in [6.07, 6.45) is 2.38. The summed E-state index contributed by atoms with van der Waals surface area (Å²) in [5.41, 5.74) is 6.69. The van der Waals surface area contributed by atoms with E-state index in [0.29, 0.717) is 5.92 Å². The number of allylic oxidation sites excluding steroid dienone is 1. The van der Waals surface area contributed by atoms with Crippen LogP contribution in [-0.4, -0.2) is 11.8 Å². The molecule has 12 heavy (non-hydrogen) atoms. The van der Waals surface area contributed by atoms with Gasteiger partial charge in [-0.05, 0) is 32.3 Å². The zero-order chi connectivity index (χ0) is 9.72. The SMILES string of the molecule is CC(C)=CC(=O)C(N)CC(C)C. The van der Waals surface area contributed by atoms with E-state index in [9.17, 15) is 4.79 Å². The van der Waals surface area contributed by atoms with Gasteiger partial charge in [0.1, 0.15) is 0 Å². The van der Waals surface area contributed by atoms with Gasteiger partial charge in [0.05, 0.1) is 6.04 Å². The number of carbonyl (C=O) groups is 1. The molecule has 0 aromatic carbocycles. The molecule has 0 amide bonds. The van der Waals surface area contributed by atoms with Crippen LogP contribution in [0.3, 0.4) is 0 Å². The highest BCUT2D eigenvalue weighted by atomic mass is 16.1. The Balaban J connectivity index is 4.02. The molecule has 0 saturated heterocycles. The monoisotopic (exact) mass is 169 g/mol. The van der Waals surface area contributed by atoms with Crippen LogP contribution in [0.4, 0.5) is 0 Å². The molecule has 0 saturated carbocycles. The Kier molecular flexibility index (Phi) is 4.83. The predicted molar refractivity (Wildman–Crippen MR) is 51.9 cm³/mol. The van der Waals surface area contributed by atoms with Gasteiger partial charge >= 0.3 is 0 Å². The maximum Gasteiger partial charge on any atom is 0.172 e. The van der Waals surface area contributed by atoms with Crippen molar-refractivity contribution in [3.63, 3.8) is 0 Å². The summed E-state index contributed by atoms with van der Waals surface area (Å²) < 4.78 is 0. The van der Waals surface area contributed by atoms with Crippen LogP contribution in [-0.2, 0) is 4.79 Å². The average molecular weight is 169 g/mol. The fourth-order valence-corrected chi connectivity index (χ4v) is 1.02. The van der Waals surface area contributed by atoms with Crippen molar-refractivity contribution in [1.82, 2.24) is 0 Å². The van der Waals surface area contributed by atoms with Gasteiger partial charge in [-0.25, -0.2) is 0 Å². The topological polar surface area (TPSA) is 43.1 Å². The maximum absolute atomic E-state index is 11.3. The molecular weight excluding hydrogens is 150 g/mol. The van der Waals surface area contributed by atoms with Crippen molar-refractivity contribution in [2.24, 2.45) is 11.7 Å². The average Bonchev–Trinajstić information content (AvgIpc) is 1.84.